The Morgan fingerprint density at radius 3 is 2.64 bits per heavy atom. The molecule has 2 N–H and O–H groups in total. The van der Waals surface area contributed by atoms with Crippen molar-refractivity contribution in [2.45, 2.75) is 18.0 Å². The van der Waals surface area contributed by atoms with Crippen molar-refractivity contribution in [2.24, 2.45) is 0 Å². The highest BCUT2D eigenvalue weighted by molar-refractivity contribution is 7.99. The number of thioether (sulfide) groups is 1. The van der Waals surface area contributed by atoms with Gasteiger partial charge in [-0.25, -0.2) is 9.97 Å². The van der Waals surface area contributed by atoms with Gasteiger partial charge in [-0.1, -0.05) is 41.0 Å². The first kappa shape index (κ1) is 22.3. The molecule has 0 aliphatic carbocycles. The first-order chi connectivity index (χ1) is 16.0. The maximum absolute atomic E-state index is 13.1. The molecule has 33 heavy (non-hydrogen) atoms. The summed E-state index contributed by atoms with van der Waals surface area (Å²) in [6.07, 6.45) is 1.55. The van der Waals surface area contributed by atoms with Crippen LogP contribution in [0.15, 0.2) is 53.7 Å². The van der Waals surface area contributed by atoms with Gasteiger partial charge in [-0.2, -0.15) is 0 Å². The van der Waals surface area contributed by atoms with Gasteiger partial charge < -0.3 is 15.5 Å². The lowest BCUT2D eigenvalue weighted by Gasteiger charge is -2.36. The van der Waals surface area contributed by atoms with Crippen LogP contribution in [0.3, 0.4) is 0 Å². The van der Waals surface area contributed by atoms with E-state index in [-0.39, 0.29) is 5.91 Å². The number of nitrogens with one attached hydrogen (secondary N) is 2. The number of para-hydroxylation sites is 1. The van der Waals surface area contributed by atoms with Gasteiger partial charge in [-0.15, -0.1) is 0 Å². The molecule has 0 radical (unpaired) electrons. The first-order valence-electron chi connectivity index (χ1n) is 10.6. The third-order valence-electron chi connectivity index (χ3n) is 5.72. The number of piperazine rings is 1. The average molecular weight is 501 g/mol. The smallest absolute Gasteiger partial charge is 0.263 e. The van der Waals surface area contributed by atoms with Crippen LogP contribution in [0, 0.1) is 0 Å². The largest absolute Gasteiger partial charge is 0.366 e. The van der Waals surface area contributed by atoms with Gasteiger partial charge in [0.15, 0.2) is 0 Å². The van der Waals surface area contributed by atoms with Gasteiger partial charge in [0.1, 0.15) is 5.03 Å². The zero-order valence-corrected chi connectivity index (χ0v) is 20.2. The molecule has 10 heteroatoms. The second-order valence-electron chi connectivity index (χ2n) is 7.91. The highest BCUT2D eigenvalue weighted by Gasteiger charge is 2.30. The number of amides is 1. The molecule has 0 bridgehead atoms. The fourth-order valence-electron chi connectivity index (χ4n) is 4.02. The van der Waals surface area contributed by atoms with Gasteiger partial charge in [-0.3, -0.25) is 9.69 Å². The van der Waals surface area contributed by atoms with Gasteiger partial charge in [0.2, 0.25) is 5.95 Å². The van der Waals surface area contributed by atoms with Gasteiger partial charge in [0.25, 0.3) is 5.91 Å². The third-order valence-corrected chi connectivity index (χ3v) is 7.31. The van der Waals surface area contributed by atoms with Crippen LogP contribution in [-0.4, -0.2) is 47.4 Å². The number of anilines is 4. The van der Waals surface area contributed by atoms with Crippen LogP contribution >= 0.6 is 35.0 Å². The number of carbonyl (C=O) groups excluding carboxylic acids is 1. The molecule has 5 rings (SSSR count). The minimum absolute atomic E-state index is 0.222. The molecule has 0 spiro atoms. The van der Waals surface area contributed by atoms with Crippen LogP contribution in [0.5, 0.6) is 0 Å². The summed E-state index contributed by atoms with van der Waals surface area (Å²) in [5.41, 5.74) is 3.01. The molecule has 1 atom stereocenters. The van der Waals surface area contributed by atoms with Crippen molar-refractivity contribution in [1.82, 2.24) is 15.3 Å². The van der Waals surface area contributed by atoms with Crippen molar-refractivity contribution >= 4 is 63.9 Å². The van der Waals surface area contributed by atoms with Crippen LogP contribution < -0.4 is 20.4 Å². The Hall–Kier alpha value is -2.52. The van der Waals surface area contributed by atoms with Crippen molar-refractivity contribution in [3.8, 4) is 0 Å². The molecule has 170 valence electrons. The highest BCUT2D eigenvalue weighted by atomic mass is 35.5. The quantitative estimate of drug-likeness (QED) is 0.486. The summed E-state index contributed by atoms with van der Waals surface area (Å²) >= 11 is 14.1. The number of aromatic nitrogens is 2. The summed E-state index contributed by atoms with van der Waals surface area (Å²) in [6.45, 7) is 5.19. The standard InChI is InChI=1S/C23H22Cl2N6OS/c1-14-11-26-9-10-30(14)16-7-5-15(6-8-16)28-23-27-12-17-21(29-23)33-13-31(22(17)32)20-18(24)3-2-4-19(20)25/h2-8,12,14,26H,9-11,13H2,1H3,(H,27,28,29)/t14-/m0/s1. The second-order valence-corrected chi connectivity index (χ2v) is 9.66. The molecule has 3 aromatic rings. The number of fused-ring (bicyclic) bond motifs is 1. The Morgan fingerprint density at radius 2 is 1.91 bits per heavy atom. The summed E-state index contributed by atoms with van der Waals surface area (Å²) in [7, 11) is 0. The monoisotopic (exact) mass is 500 g/mol. The highest BCUT2D eigenvalue weighted by Crippen LogP contribution is 2.39. The van der Waals surface area contributed by atoms with Crippen LogP contribution in [0.2, 0.25) is 10.0 Å². The SMILES string of the molecule is C[C@H]1CNCCN1c1ccc(Nc2ncc3c(n2)SCN(c2c(Cl)cccc2Cl)C3=O)cc1. The summed E-state index contributed by atoms with van der Waals surface area (Å²) in [5.74, 6) is 0.588. The van der Waals surface area contributed by atoms with E-state index < -0.39 is 0 Å². The molecule has 1 fully saturated rings. The van der Waals surface area contributed by atoms with E-state index in [0.717, 1.165) is 25.3 Å². The minimum Gasteiger partial charge on any atom is -0.366 e. The zero-order valence-electron chi connectivity index (χ0n) is 17.9. The maximum Gasteiger partial charge on any atom is 0.263 e. The Balaban J connectivity index is 1.32. The predicted molar refractivity (Wildman–Crippen MR) is 135 cm³/mol. The fraction of sp³-hybridized carbons (Fsp3) is 0.261. The van der Waals surface area contributed by atoms with E-state index >= 15 is 0 Å². The van der Waals surface area contributed by atoms with E-state index in [9.17, 15) is 4.79 Å². The van der Waals surface area contributed by atoms with E-state index in [0.29, 0.717) is 44.2 Å². The first-order valence-corrected chi connectivity index (χ1v) is 12.4. The van der Waals surface area contributed by atoms with E-state index in [4.69, 9.17) is 23.2 Å². The van der Waals surface area contributed by atoms with E-state index in [1.165, 1.54) is 17.4 Å². The van der Waals surface area contributed by atoms with Crippen LogP contribution in [0.4, 0.5) is 23.0 Å². The Bertz CT molecular complexity index is 1170. The van der Waals surface area contributed by atoms with Crippen molar-refractivity contribution in [1.29, 1.82) is 0 Å². The molecule has 1 amide bonds. The Morgan fingerprint density at radius 1 is 1.15 bits per heavy atom. The Labute approximate surface area is 206 Å². The molecule has 3 heterocycles. The van der Waals surface area contributed by atoms with Crippen molar-refractivity contribution in [3.63, 3.8) is 0 Å². The normalized spacial score (nSPS) is 18.3. The van der Waals surface area contributed by atoms with Crippen molar-refractivity contribution < 1.29 is 4.79 Å². The van der Waals surface area contributed by atoms with Crippen molar-refractivity contribution in [2.75, 3.05) is 40.6 Å². The molecule has 7 nitrogen and oxygen atoms in total. The number of hydrogen-bond donors (Lipinski definition) is 2. The summed E-state index contributed by atoms with van der Waals surface area (Å²) < 4.78 is 0. The summed E-state index contributed by atoms with van der Waals surface area (Å²) in [6, 6.07) is 13.9. The zero-order chi connectivity index (χ0) is 22.9. The Kier molecular flexibility index (Phi) is 6.34. The number of rotatable bonds is 4. The molecule has 1 saturated heterocycles. The number of halogens is 2. The van der Waals surface area contributed by atoms with E-state index in [1.54, 1.807) is 29.3 Å². The second kappa shape index (κ2) is 9.38. The number of hydrogen-bond acceptors (Lipinski definition) is 7. The molecule has 1 aromatic heterocycles. The molecule has 2 aromatic carbocycles. The topological polar surface area (TPSA) is 73.4 Å². The fourth-order valence-corrected chi connectivity index (χ4v) is 5.56. The molecule has 2 aliphatic heterocycles. The molecular weight excluding hydrogens is 479 g/mol. The minimum atomic E-state index is -0.222. The molecular formula is C23H22Cl2N6OS. The van der Waals surface area contributed by atoms with Gasteiger partial charge in [0, 0.05) is 43.2 Å². The molecule has 2 aliphatic rings. The molecule has 0 unspecified atom stereocenters. The van der Waals surface area contributed by atoms with Gasteiger partial charge >= 0.3 is 0 Å². The number of nitrogens with zero attached hydrogens (tertiary/aromatic N) is 4. The van der Waals surface area contributed by atoms with E-state index in [2.05, 4.69) is 44.6 Å². The van der Waals surface area contributed by atoms with Gasteiger partial charge in [-0.05, 0) is 43.3 Å². The lowest BCUT2D eigenvalue weighted by molar-refractivity contribution is 0.0985. The number of benzene rings is 2. The van der Waals surface area contributed by atoms with Crippen molar-refractivity contribution in [3.05, 3.63) is 64.3 Å². The maximum atomic E-state index is 13.1. The average Bonchev–Trinajstić information content (AvgIpc) is 2.81. The van der Waals surface area contributed by atoms with Gasteiger partial charge in [0.05, 0.1) is 27.2 Å². The van der Waals surface area contributed by atoms with Crippen LogP contribution in [0.25, 0.3) is 0 Å². The lowest BCUT2D eigenvalue weighted by Crippen LogP contribution is -2.49. The van der Waals surface area contributed by atoms with E-state index in [1.807, 2.05) is 12.1 Å². The van der Waals surface area contributed by atoms with Crippen LogP contribution in [0.1, 0.15) is 17.3 Å². The predicted octanol–water partition coefficient (Wildman–Crippen LogP) is 5.04. The number of carbonyl (C=O) groups is 1. The summed E-state index contributed by atoms with van der Waals surface area (Å²) in [4.78, 5) is 26.0. The lowest BCUT2D eigenvalue weighted by atomic mass is 10.1. The summed E-state index contributed by atoms with van der Waals surface area (Å²) in [5, 5.41) is 8.13. The van der Waals surface area contributed by atoms with Crippen LogP contribution in [-0.2, 0) is 0 Å². The molecule has 0 saturated carbocycles. The third kappa shape index (κ3) is 4.48.